The quantitative estimate of drug-likeness (QED) is 0.824. The predicted octanol–water partition coefficient (Wildman–Crippen LogP) is 4.30. The first-order valence-corrected chi connectivity index (χ1v) is 6.43. The molecule has 0 spiro atoms. The van der Waals surface area contributed by atoms with Gasteiger partial charge in [-0.2, -0.15) is 9.36 Å². The van der Waals surface area contributed by atoms with Crippen LogP contribution in [0.5, 0.6) is 16.7 Å². The van der Waals surface area contributed by atoms with Gasteiger partial charge in [0.2, 0.25) is 0 Å². The van der Waals surface area contributed by atoms with Gasteiger partial charge in [-0.15, -0.1) is 13.2 Å². The van der Waals surface area contributed by atoms with Crippen LogP contribution >= 0.6 is 27.5 Å². The van der Waals surface area contributed by atoms with Crippen molar-refractivity contribution in [3.05, 3.63) is 28.5 Å². The zero-order valence-corrected chi connectivity index (χ0v) is 11.8. The molecule has 0 radical (unpaired) electrons. The van der Waals surface area contributed by atoms with Crippen LogP contribution in [0.1, 0.15) is 5.82 Å². The maximum atomic E-state index is 12.1. The van der Waals surface area contributed by atoms with Crippen LogP contribution in [-0.2, 0) is 0 Å². The standard InChI is InChI=1S/C10H6BrF3N2O2S/c1-5-15-9(19-16-5)17-6-2-3-8(7(11)4-6)18-10(12,13)14/h2-4H,1H3. The maximum Gasteiger partial charge on any atom is 0.573 e. The zero-order valence-electron chi connectivity index (χ0n) is 9.36. The maximum absolute atomic E-state index is 12.1. The second kappa shape index (κ2) is 5.33. The molecule has 1 aromatic carbocycles. The van der Waals surface area contributed by atoms with E-state index in [0.717, 1.165) is 17.6 Å². The van der Waals surface area contributed by atoms with E-state index >= 15 is 0 Å². The van der Waals surface area contributed by atoms with Gasteiger partial charge in [0.05, 0.1) is 4.47 Å². The SMILES string of the molecule is Cc1nsc(Oc2ccc(OC(F)(F)F)c(Br)c2)n1. The summed E-state index contributed by atoms with van der Waals surface area (Å²) in [6, 6.07) is 3.86. The summed E-state index contributed by atoms with van der Waals surface area (Å²) in [6.07, 6.45) is -4.73. The summed E-state index contributed by atoms with van der Waals surface area (Å²) in [5.74, 6) is 0.557. The molecule has 2 aromatic rings. The molecule has 0 atom stereocenters. The smallest absolute Gasteiger partial charge is 0.430 e. The van der Waals surface area contributed by atoms with Crippen molar-refractivity contribution in [2.24, 2.45) is 0 Å². The van der Waals surface area contributed by atoms with E-state index < -0.39 is 6.36 Å². The van der Waals surface area contributed by atoms with Crippen LogP contribution < -0.4 is 9.47 Å². The molecule has 19 heavy (non-hydrogen) atoms. The molecule has 0 unspecified atom stereocenters. The molecule has 0 saturated carbocycles. The number of aryl methyl sites for hydroxylation is 1. The number of alkyl halides is 3. The van der Waals surface area contributed by atoms with E-state index in [0.29, 0.717) is 16.8 Å². The highest BCUT2D eigenvalue weighted by Gasteiger charge is 2.32. The normalized spacial score (nSPS) is 11.4. The number of benzene rings is 1. The fraction of sp³-hybridized carbons (Fsp3) is 0.200. The number of ether oxygens (including phenoxy) is 2. The molecule has 0 aliphatic rings. The minimum Gasteiger partial charge on any atom is -0.430 e. The average molecular weight is 355 g/mol. The number of halogens is 4. The Morgan fingerprint density at radius 1 is 1.32 bits per heavy atom. The summed E-state index contributed by atoms with van der Waals surface area (Å²) in [6.45, 7) is 1.71. The Morgan fingerprint density at radius 3 is 2.58 bits per heavy atom. The number of hydrogen-bond donors (Lipinski definition) is 0. The molecule has 0 N–H and O–H groups in total. The van der Waals surface area contributed by atoms with Crippen molar-refractivity contribution in [2.75, 3.05) is 0 Å². The lowest BCUT2D eigenvalue weighted by Crippen LogP contribution is -2.17. The number of aromatic nitrogens is 2. The van der Waals surface area contributed by atoms with Crippen molar-refractivity contribution < 1.29 is 22.6 Å². The van der Waals surface area contributed by atoms with Crippen LogP contribution in [0.3, 0.4) is 0 Å². The molecular weight excluding hydrogens is 349 g/mol. The van der Waals surface area contributed by atoms with Crippen LogP contribution in [-0.4, -0.2) is 15.7 Å². The molecule has 0 saturated heterocycles. The second-order valence-electron chi connectivity index (χ2n) is 3.35. The third-order valence-corrected chi connectivity index (χ3v) is 3.15. The van der Waals surface area contributed by atoms with Crippen LogP contribution in [0.25, 0.3) is 0 Å². The summed E-state index contributed by atoms with van der Waals surface area (Å²) < 4.78 is 49.4. The molecule has 0 bridgehead atoms. The average Bonchev–Trinajstić information content (AvgIpc) is 2.66. The van der Waals surface area contributed by atoms with Gasteiger partial charge in [0.25, 0.3) is 5.19 Å². The number of rotatable bonds is 3. The van der Waals surface area contributed by atoms with Gasteiger partial charge in [-0.25, -0.2) is 0 Å². The summed E-state index contributed by atoms with van der Waals surface area (Å²) in [5.41, 5.74) is 0. The van der Waals surface area contributed by atoms with E-state index in [-0.39, 0.29) is 10.2 Å². The van der Waals surface area contributed by atoms with Crippen LogP contribution in [0.4, 0.5) is 13.2 Å². The Morgan fingerprint density at radius 2 is 2.05 bits per heavy atom. The molecule has 2 rings (SSSR count). The van der Waals surface area contributed by atoms with E-state index in [1.54, 1.807) is 6.92 Å². The van der Waals surface area contributed by atoms with Crippen LogP contribution in [0, 0.1) is 6.92 Å². The first-order valence-electron chi connectivity index (χ1n) is 4.87. The lowest BCUT2D eigenvalue weighted by atomic mass is 10.3. The van der Waals surface area contributed by atoms with Crippen molar-refractivity contribution >= 4 is 27.5 Å². The van der Waals surface area contributed by atoms with E-state index in [2.05, 4.69) is 30.0 Å². The molecule has 102 valence electrons. The molecule has 1 heterocycles. The van der Waals surface area contributed by atoms with Gasteiger partial charge in [-0.05, 0) is 41.1 Å². The molecule has 0 amide bonds. The lowest BCUT2D eigenvalue weighted by Gasteiger charge is -2.11. The molecule has 0 aliphatic heterocycles. The summed E-state index contributed by atoms with van der Waals surface area (Å²) in [5, 5.41) is 0.314. The molecule has 0 fully saturated rings. The fourth-order valence-electron chi connectivity index (χ4n) is 1.17. The molecule has 4 nitrogen and oxygen atoms in total. The molecule has 0 aliphatic carbocycles. The number of nitrogens with zero attached hydrogens (tertiary/aromatic N) is 2. The number of hydrogen-bond acceptors (Lipinski definition) is 5. The van der Waals surface area contributed by atoms with Gasteiger partial charge in [-0.3, -0.25) is 0 Å². The minimum absolute atomic E-state index is 0.128. The Labute approximate surface area is 118 Å². The van der Waals surface area contributed by atoms with Gasteiger partial charge in [0.15, 0.2) is 0 Å². The van der Waals surface area contributed by atoms with E-state index in [4.69, 9.17) is 4.74 Å². The Kier molecular flexibility index (Phi) is 3.95. The Hall–Kier alpha value is -1.35. The van der Waals surface area contributed by atoms with Gasteiger partial charge in [0.1, 0.15) is 17.3 Å². The highest BCUT2D eigenvalue weighted by atomic mass is 79.9. The van der Waals surface area contributed by atoms with Gasteiger partial charge in [-0.1, -0.05) is 0 Å². The van der Waals surface area contributed by atoms with Crippen LogP contribution in [0.15, 0.2) is 22.7 Å². The van der Waals surface area contributed by atoms with Crippen LogP contribution in [0.2, 0.25) is 0 Å². The first-order chi connectivity index (χ1) is 8.83. The third kappa shape index (κ3) is 4.06. The highest BCUT2D eigenvalue weighted by Crippen LogP contribution is 2.34. The van der Waals surface area contributed by atoms with Gasteiger partial charge >= 0.3 is 6.36 Å². The monoisotopic (exact) mass is 354 g/mol. The van der Waals surface area contributed by atoms with Crippen molar-refractivity contribution in [3.8, 4) is 16.7 Å². The van der Waals surface area contributed by atoms with E-state index in [1.165, 1.54) is 12.1 Å². The third-order valence-electron chi connectivity index (χ3n) is 1.84. The lowest BCUT2D eigenvalue weighted by molar-refractivity contribution is -0.274. The largest absolute Gasteiger partial charge is 0.573 e. The first kappa shape index (κ1) is 14.1. The van der Waals surface area contributed by atoms with Crippen molar-refractivity contribution in [3.63, 3.8) is 0 Å². The van der Waals surface area contributed by atoms with E-state index in [1.807, 2.05) is 0 Å². The summed E-state index contributed by atoms with van der Waals surface area (Å²) >= 11 is 4.04. The summed E-state index contributed by atoms with van der Waals surface area (Å²) in [7, 11) is 0. The topological polar surface area (TPSA) is 44.2 Å². The van der Waals surface area contributed by atoms with Gasteiger partial charge < -0.3 is 9.47 Å². The molecule has 9 heteroatoms. The Balaban J connectivity index is 2.14. The molecule has 1 aromatic heterocycles. The zero-order chi connectivity index (χ0) is 14.0. The van der Waals surface area contributed by atoms with Gasteiger partial charge in [0, 0.05) is 11.5 Å². The Bertz CT molecular complexity index is 588. The van der Waals surface area contributed by atoms with E-state index in [9.17, 15) is 13.2 Å². The molecular formula is C10H6BrF3N2O2S. The minimum atomic E-state index is -4.73. The van der Waals surface area contributed by atoms with Crippen molar-refractivity contribution in [2.45, 2.75) is 13.3 Å². The fourth-order valence-corrected chi connectivity index (χ4v) is 2.17. The predicted molar refractivity (Wildman–Crippen MR) is 65.5 cm³/mol. The van der Waals surface area contributed by atoms with Crippen molar-refractivity contribution in [1.29, 1.82) is 0 Å². The highest BCUT2D eigenvalue weighted by molar-refractivity contribution is 9.10. The summed E-state index contributed by atoms with van der Waals surface area (Å²) in [4.78, 5) is 3.98. The second-order valence-corrected chi connectivity index (χ2v) is 4.92. The van der Waals surface area contributed by atoms with Crippen molar-refractivity contribution in [1.82, 2.24) is 9.36 Å².